The van der Waals surface area contributed by atoms with Gasteiger partial charge in [-0.1, -0.05) is 49.6 Å². The molecule has 2 unspecified atom stereocenters. The zero-order valence-electron chi connectivity index (χ0n) is 37.4. The zero-order chi connectivity index (χ0) is 43.4. The monoisotopic (exact) mass is 870 g/mol. The highest BCUT2D eigenvalue weighted by Gasteiger charge is 2.58. The van der Waals surface area contributed by atoms with Gasteiger partial charge in [0.25, 0.3) is 5.91 Å². The number of rotatable bonds is 17. The van der Waals surface area contributed by atoms with Crippen LogP contribution in [-0.4, -0.2) is 132 Å². The molecule has 10 rings (SSSR count). The Morgan fingerprint density at radius 3 is 2.54 bits per heavy atom. The number of carbonyl (C=O) groups is 3. The van der Waals surface area contributed by atoms with Crippen molar-refractivity contribution in [3.05, 3.63) is 53.1 Å². The van der Waals surface area contributed by atoms with Crippen molar-refractivity contribution in [2.45, 2.75) is 133 Å². The summed E-state index contributed by atoms with van der Waals surface area (Å²) >= 11 is 0. The van der Waals surface area contributed by atoms with Crippen LogP contribution in [0.3, 0.4) is 0 Å². The van der Waals surface area contributed by atoms with Crippen LogP contribution in [0.2, 0.25) is 0 Å². The van der Waals surface area contributed by atoms with Crippen LogP contribution in [0, 0.1) is 17.3 Å². The van der Waals surface area contributed by atoms with Crippen molar-refractivity contribution >= 4 is 23.4 Å². The zero-order valence-corrected chi connectivity index (χ0v) is 37.4. The van der Waals surface area contributed by atoms with Gasteiger partial charge in [-0.15, -0.1) is 0 Å². The van der Waals surface area contributed by atoms with Gasteiger partial charge in [-0.25, -0.2) is 0 Å². The van der Waals surface area contributed by atoms with Crippen molar-refractivity contribution in [2.75, 3.05) is 77.6 Å². The number of amides is 3. The average molecular weight is 870 g/mol. The molecule has 4 bridgehead atoms. The second-order valence-electron chi connectivity index (χ2n) is 20.6. The average Bonchev–Trinajstić information content (AvgIpc) is 3.26. The number of ether oxygens (including phenoxy) is 3. The second-order valence-corrected chi connectivity index (χ2v) is 20.6. The second kappa shape index (κ2) is 19.4. The van der Waals surface area contributed by atoms with Crippen molar-refractivity contribution in [1.29, 1.82) is 0 Å². The maximum atomic E-state index is 13.8. The van der Waals surface area contributed by atoms with Crippen LogP contribution < -0.4 is 15.4 Å². The highest BCUT2D eigenvalue weighted by atomic mass is 16.5. The lowest BCUT2D eigenvalue weighted by Gasteiger charge is -2.60. The van der Waals surface area contributed by atoms with E-state index in [-0.39, 0.29) is 47.1 Å². The lowest BCUT2D eigenvalue weighted by Crippen LogP contribution is -2.60. The van der Waals surface area contributed by atoms with Gasteiger partial charge >= 0.3 is 0 Å². The number of benzene rings is 2. The van der Waals surface area contributed by atoms with E-state index in [0.717, 1.165) is 102 Å². The molecule has 2 atom stereocenters. The molecule has 3 heterocycles. The van der Waals surface area contributed by atoms with Gasteiger partial charge in [-0.05, 0) is 124 Å². The van der Waals surface area contributed by atoms with Gasteiger partial charge in [0.15, 0.2) is 12.4 Å². The van der Waals surface area contributed by atoms with Crippen LogP contribution in [0.1, 0.15) is 113 Å². The van der Waals surface area contributed by atoms with E-state index >= 15 is 0 Å². The van der Waals surface area contributed by atoms with E-state index in [1.165, 1.54) is 24.0 Å². The summed E-state index contributed by atoms with van der Waals surface area (Å²) in [4.78, 5) is 45.9. The van der Waals surface area contributed by atoms with E-state index in [2.05, 4.69) is 49.6 Å². The van der Waals surface area contributed by atoms with Crippen LogP contribution >= 0.6 is 0 Å². The molecule has 0 radical (unpaired) electrons. The van der Waals surface area contributed by atoms with Crippen molar-refractivity contribution in [3.8, 4) is 11.5 Å². The van der Waals surface area contributed by atoms with Gasteiger partial charge in [0.05, 0.1) is 37.4 Å². The van der Waals surface area contributed by atoms with E-state index in [0.29, 0.717) is 95.1 Å². The minimum Gasteiger partial charge on any atom is -0.506 e. The summed E-state index contributed by atoms with van der Waals surface area (Å²) < 4.78 is 18.2. The number of hydrogen-bond acceptors (Lipinski definition) is 10. The first-order valence-electron chi connectivity index (χ1n) is 24.3. The molecule has 13 nitrogen and oxygen atoms in total. The third-order valence-electron chi connectivity index (χ3n) is 15.7. The molecule has 13 heteroatoms. The van der Waals surface area contributed by atoms with E-state index in [1.807, 2.05) is 6.07 Å². The number of nitrogens with zero attached hydrogens (tertiary/aromatic N) is 3. The van der Waals surface area contributed by atoms with Crippen LogP contribution in [0.25, 0.3) is 0 Å². The molecule has 2 saturated heterocycles. The van der Waals surface area contributed by atoms with Crippen molar-refractivity contribution < 1.29 is 38.8 Å². The Kier molecular flexibility index (Phi) is 13.7. The summed E-state index contributed by atoms with van der Waals surface area (Å²) in [6, 6.07) is 12.5. The predicted octanol–water partition coefficient (Wildman–Crippen LogP) is 5.58. The molecule has 344 valence electrons. The summed E-state index contributed by atoms with van der Waals surface area (Å²) in [5.74, 6) is 1.86. The molecule has 2 aromatic rings. The topological polar surface area (TPSA) is 153 Å². The van der Waals surface area contributed by atoms with E-state index in [9.17, 15) is 24.6 Å². The molecule has 63 heavy (non-hydrogen) atoms. The van der Waals surface area contributed by atoms with Crippen LogP contribution in [0.5, 0.6) is 11.5 Å². The largest absolute Gasteiger partial charge is 0.506 e. The summed E-state index contributed by atoms with van der Waals surface area (Å²) in [5.41, 5.74) is 2.98. The number of piperidine rings is 1. The smallest absolute Gasteiger partial charge is 0.262 e. The van der Waals surface area contributed by atoms with Gasteiger partial charge in [0, 0.05) is 58.3 Å². The molecular weight excluding hydrogens is 799 g/mol. The Labute approximate surface area is 373 Å². The van der Waals surface area contributed by atoms with Gasteiger partial charge in [-0.2, -0.15) is 0 Å². The number of carbonyl (C=O) groups excluding carboxylic acids is 3. The molecule has 8 aliphatic rings. The number of morpholine rings is 1. The normalized spacial score (nSPS) is 27.8. The van der Waals surface area contributed by atoms with Crippen molar-refractivity contribution in [3.63, 3.8) is 0 Å². The van der Waals surface area contributed by atoms with E-state index < -0.39 is 5.60 Å². The molecule has 5 saturated carbocycles. The van der Waals surface area contributed by atoms with E-state index in [1.54, 1.807) is 6.07 Å². The molecule has 0 aromatic heterocycles. The highest BCUT2D eigenvalue weighted by Crippen LogP contribution is 2.63. The van der Waals surface area contributed by atoms with Gasteiger partial charge in [0.2, 0.25) is 11.8 Å². The first kappa shape index (κ1) is 44.5. The number of fused-ring (bicyclic) bond motifs is 1. The maximum Gasteiger partial charge on any atom is 0.262 e. The maximum absolute atomic E-state index is 13.8. The number of nitrogens with one attached hydrogen (secondary N) is 2. The lowest BCUT2D eigenvalue weighted by atomic mass is 9.47. The molecule has 4 N–H and O–H groups in total. The molecular formula is C50H71N5O8. The lowest BCUT2D eigenvalue weighted by molar-refractivity contribution is -0.180. The SMILES string of the molecule is O=C1COc2c(CCNCCN(C(=O)CCOCCc3cccc(CN4CCC5(CC4)CN(C(=O)CC46CC7CC(CC(O)(C7)C4)C6)CCO5)c3)C3CCCCC3)ccc(O)c2N1. The minimum atomic E-state index is -0.531. The Bertz CT molecular complexity index is 1930. The molecule has 7 fully saturated rings. The molecule has 3 amide bonds. The number of aromatic hydroxyl groups is 1. The molecule has 5 aliphatic carbocycles. The Balaban J connectivity index is 0.682. The third kappa shape index (κ3) is 10.7. The first-order chi connectivity index (χ1) is 30.5. The fourth-order valence-corrected chi connectivity index (χ4v) is 13.1. The van der Waals surface area contributed by atoms with Gasteiger partial charge in [-0.3, -0.25) is 19.3 Å². The highest BCUT2D eigenvalue weighted by molar-refractivity contribution is 5.97. The van der Waals surface area contributed by atoms with Crippen LogP contribution in [-0.2, 0) is 43.2 Å². The van der Waals surface area contributed by atoms with Gasteiger partial charge < -0.3 is 44.9 Å². The number of anilines is 1. The predicted molar refractivity (Wildman–Crippen MR) is 239 cm³/mol. The minimum absolute atomic E-state index is 0.000280. The summed E-state index contributed by atoms with van der Waals surface area (Å²) in [5, 5.41) is 27.6. The summed E-state index contributed by atoms with van der Waals surface area (Å²) in [6.07, 6.45) is 16.1. The van der Waals surface area contributed by atoms with Crippen LogP contribution in [0.15, 0.2) is 36.4 Å². The summed E-state index contributed by atoms with van der Waals surface area (Å²) in [6.45, 7) is 7.65. The first-order valence-corrected chi connectivity index (χ1v) is 24.3. The van der Waals surface area contributed by atoms with Crippen molar-refractivity contribution in [1.82, 2.24) is 20.0 Å². The van der Waals surface area contributed by atoms with Gasteiger partial charge in [0.1, 0.15) is 11.4 Å². The number of phenols is 1. The van der Waals surface area contributed by atoms with Crippen molar-refractivity contribution in [2.24, 2.45) is 17.3 Å². The number of phenolic OH excluding ortho intramolecular Hbond substituents is 1. The number of aliphatic hydroxyl groups is 1. The number of likely N-dealkylation sites (tertiary alicyclic amines) is 1. The quantitative estimate of drug-likeness (QED) is 0.117. The fourth-order valence-electron chi connectivity index (χ4n) is 13.1. The Morgan fingerprint density at radius 2 is 1.75 bits per heavy atom. The molecule has 3 aliphatic heterocycles. The van der Waals surface area contributed by atoms with Crippen LogP contribution in [0.4, 0.5) is 5.69 Å². The Hall–Kier alpha value is -3.75. The molecule has 2 aromatic carbocycles. The standard InChI is InChI=1S/C50H71N5O8/c56-42-10-9-40(47-46(42)52-43(57)33-62-47)11-16-51-17-20-55(41-7-2-1-3-8-41)44(58)13-23-61-22-12-36-5-4-6-37(25-36)32-53-18-14-50(15-19-53)35-54(21-24-63-50)45(59)31-48-27-38-26-39(28-48)30-49(60,29-38)34-48/h4-6,9-10,25,38-39,41,51,56,60H,1-3,7-8,11-24,26-35H2,(H,52,57). The summed E-state index contributed by atoms with van der Waals surface area (Å²) in [7, 11) is 0. The molecule has 1 spiro atoms. The number of hydrogen-bond donors (Lipinski definition) is 4. The fraction of sp³-hybridized carbons (Fsp3) is 0.700. The third-order valence-corrected chi connectivity index (χ3v) is 15.7. The van der Waals surface area contributed by atoms with E-state index in [4.69, 9.17) is 14.2 Å². The Morgan fingerprint density at radius 1 is 0.952 bits per heavy atom.